The second-order valence-electron chi connectivity index (χ2n) is 8.32. The summed E-state index contributed by atoms with van der Waals surface area (Å²) in [5.74, 6) is 1.03. The Morgan fingerprint density at radius 2 is 1.38 bits per heavy atom. The smallest absolute Gasteiger partial charge is 0.0399 e. The average molecular weight is 353 g/mol. The molecule has 0 saturated heterocycles. The Labute approximate surface area is 160 Å². The van der Waals surface area contributed by atoms with Crippen LogP contribution in [0.4, 0.5) is 11.4 Å². The molecule has 0 bridgehead atoms. The molecule has 0 radical (unpaired) electrons. The van der Waals surface area contributed by atoms with E-state index >= 15 is 0 Å². The molecule has 1 unspecified atom stereocenters. The second kappa shape index (κ2) is 8.16. The SMILES string of the molecule is Cc1c(C(C)Cc2ccc(N(C)C)c(C(C)C)c2C)cccc1N(C)C. The molecule has 0 N–H and O–H groups in total. The van der Waals surface area contributed by atoms with E-state index in [4.69, 9.17) is 0 Å². The van der Waals surface area contributed by atoms with Crippen molar-refractivity contribution in [1.82, 2.24) is 0 Å². The lowest BCUT2D eigenvalue weighted by Crippen LogP contribution is -2.15. The van der Waals surface area contributed by atoms with Gasteiger partial charge in [-0.05, 0) is 72.1 Å². The second-order valence-corrected chi connectivity index (χ2v) is 8.32. The van der Waals surface area contributed by atoms with Crippen molar-refractivity contribution in [2.45, 2.75) is 52.9 Å². The fourth-order valence-corrected chi connectivity index (χ4v) is 4.20. The summed E-state index contributed by atoms with van der Waals surface area (Å²) in [5, 5.41) is 0. The molecule has 2 heteroatoms. The van der Waals surface area contributed by atoms with Crippen LogP contribution in [0.15, 0.2) is 30.3 Å². The lowest BCUT2D eigenvalue weighted by atomic mass is 9.85. The predicted octanol–water partition coefficient (Wildman–Crippen LogP) is 5.91. The standard InChI is InChI=1S/C24H36N2/c1-16(2)24-18(4)20(13-14-23(24)26(8)9)15-17(3)21-11-10-12-22(19(21)5)25(6)7/h10-14,16-17H,15H2,1-9H3. The molecule has 26 heavy (non-hydrogen) atoms. The minimum absolute atomic E-state index is 0.499. The molecule has 0 spiro atoms. The molecular weight excluding hydrogens is 316 g/mol. The molecule has 0 aromatic heterocycles. The van der Waals surface area contributed by atoms with Crippen molar-refractivity contribution in [3.05, 3.63) is 58.1 Å². The first-order valence-corrected chi connectivity index (χ1v) is 9.71. The average Bonchev–Trinajstić information content (AvgIpc) is 2.55. The Morgan fingerprint density at radius 1 is 0.769 bits per heavy atom. The summed E-state index contributed by atoms with van der Waals surface area (Å²) in [4.78, 5) is 4.44. The first-order valence-electron chi connectivity index (χ1n) is 9.71. The molecule has 0 amide bonds. The minimum atomic E-state index is 0.499. The van der Waals surface area contributed by atoms with E-state index in [1.165, 1.54) is 39.2 Å². The molecule has 2 rings (SSSR count). The lowest BCUT2D eigenvalue weighted by Gasteiger charge is -2.26. The quantitative estimate of drug-likeness (QED) is 0.638. The van der Waals surface area contributed by atoms with E-state index in [-0.39, 0.29) is 0 Å². The van der Waals surface area contributed by atoms with Gasteiger partial charge in [0.2, 0.25) is 0 Å². The zero-order valence-electron chi connectivity index (χ0n) is 18.1. The number of hydrogen-bond donors (Lipinski definition) is 0. The van der Waals surface area contributed by atoms with Crippen LogP contribution >= 0.6 is 0 Å². The maximum Gasteiger partial charge on any atom is 0.0399 e. The highest BCUT2D eigenvalue weighted by Gasteiger charge is 2.18. The van der Waals surface area contributed by atoms with Crippen LogP contribution in [0.2, 0.25) is 0 Å². The molecule has 0 heterocycles. The van der Waals surface area contributed by atoms with E-state index in [1.807, 2.05) is 0 Å². The van der Waals surface area contributed by atoms with Gasteiger partial charge in [-0.15, -0.1) is 0 Å². The van der Waals surface area contributed by atoms with Gasteiger partial charge in [-0.25, -0.2) is 0 Å². The van der Waals surface area contributed by atoms with E-state index in [0.29, 0.717) is 11.8 Å². The van der Waals surface area contributed by atoms with E-state index in [9.17, 15) is 0 Å². The highest BCUT2D eigenvalue weighted by Crippen LogP contribution is 2.35. The highest BCUT2D eigenvalue weighted by molar-refractivity contribution is 5.60. The van der Waals surface area contributed by atoms with Gasteiger partial charge in [0, 0.05) is 39.6 Å². The molecule has 0 aliphatic rings. The molecular formula is C24H36N2. The van der Waals surface area contributed by atoms with Crippen LogP contribution < -0.4 is 9.80 Å². The number of anilines is 2. The van der Waals surface area contributed by atoms with E-state index < -0.39 is 0 Å². The zero-order chi connectivity index (χ0) is 19.6. The summed E-state index contributed by atoms with van der Waals surface area (Å²) in [6.07, 6.45) is 1.08. The maximum absolute atomic E-state index is 2.36. The van der Waals surface area contributed by atoms with E-state index in [1.54, 1.807) is 0 Å². The summed E-state index contributed by atoms with van der Waals surface area (Å²) >= 11 is 0. The molecule has 2 nitrogen and oxygen atoms in total. The van der Waals surface area contributed by atoms with Gasteiger partial charge < -0.3 is 9.80 Å². The fraction of sp³-hybridized carbons (Fsp3) is 0.500. The third-order valence-electron chi connectivity index (χ3n) is 5.55. The van der Waals surface area contributed by atoms with Crippen molar-refractivity contribution >= 4 is 11.4 Å². The molecule has 1 atom stereocenters. The Morgan fingerprint density at radius 3 is 1.92 bits per heavy atom. The number of nitrogens with zero attached hydrogens (tertiary/aromatic N) is 2. The van der Waals surface area contributed by atoms with E-state index in [2.05, 4.69) is 103 Å². The molecule has 2 aromatic rings. The van der Waals surface area contributed by atoms with Crippen molar-refractivity contribution in [1.29, 1.82) is 0 Å². The van der Waals surface area contributed by atoms with Gasteiger partial charge in [0.15, 0.2) is 0 Å². The first-order chi connectivity index (χ1) is 12.1. The van der Waals surface area contributed by atoms with E-state index in [0.717, 1.165) is 6.42 Å². The fourth-order valence-electron chi connectivity index (χ4n) is 4.20. The van der Waals surface area contributed by atoms with Gasteiger partial charge in [-0.1, -0.05) is 39.0 Å². The number of hydrogen-bond acceptors (Lipinski definition) is 2. The Hall–Kier alpha value is -1.96. The van der Waals surface area contributed by atoms with Gasteiger partial charge in [-0.2, -0.15) is 0 Å². The van der Waals surface area contributed by atoms with Gasteiger partial charge in [0.25, 0.3) is 0 Å². The number of rotatable bonds is 6. The maximum atomic E-state index is 2.36. The van der Waals surface area contributed by atoms with Crippen LogP contribution in [0.3, 0.4) is 0 Å². The third kappa shape index (κ3) is 4.06. The normalized spacial score (nSPS) is 12.4. The van der Waals surface area contributed by atoms with Crippen LogP contribution in [-0.2, 0) is 6.42 Å². The van der Waals surface area contributed by atoms with Gasteiger partial charge in [0.05, 0.1) is 0 Å². The first kappa shape index (κ1) is 20.4. The Bertz CT molecular complexity index is 757. The van der Waals surface area contributed by atoms with Crippen molar-refractivity contribution in [3.8, 4) is 0 Å². The van der Waals surface area contributed by atoms with Crippen molar-refractivity contribution in [2.24, 2.45) is 0 Å². The highest BCUT2D eigenvalue weighted by atomic mass is 15.1. The summed E-state index contributed by atoms with van der Waals surface area (Å²) in [6.45, 7) is 11.5. The molecule has 0 fully saturated rings. The van der Waals surface area contributed by atoms with Crippen LogP contribution in [0.1, 0.15) is 60.4 Å². The Balaban J connectivity index is 2.40. The molecule has 0 aliphatic heterocycles. The predicted molar refractivity (Wildman–Crippen MR) is 117 cm³/mol. The minimum Gasteiger partial charge on any atom is -0.377 e. The van der Waals surface area contributed by atoms with Crippen LogP contribution in [0.25, 0.3) is 0 Å². The van der Waals surface area contributed by atoms with Crippen LogP contribution in [0.5, 0.6) is 0 Å². The monoisotopic (exact) mass is 352 g/mol. The van der Waals surface area contributed by atoms with Crippen molar-refractivity contribution in [3.63, 3.8) is 0 Å². The summed E-state index contributed by atoms with van der Waals surface area (Å²) in [5.41, 5.74) is 9.94. The van der Waals surface area contributed by atoms with Crippen LogP contribution in [-0.4, -0.2) is 28.2 Å². The molecule has 2 aromatic carbocycles. The topological polar surface area (TPSA) is 6.48 Å². The summed E-state index contributed by atoms with van der Waals surface area (Å²) in [7, 11) is 8.52. The largest absolute Gasteiger partial charge is 0.377 e. The Kier molecular flexibility index (Phi) is 6.39. The third-order valence-corrected chi connectivity index (χ3v) is 5.55. The van der Waals surface area contributed by atoms with Gasteiger partial charge in [0.1, 0.15) is 0 Å². The lowest BCUT2D eigenvalue weighted by molar-refractivity contribution is 0.743. The molecule has 142 valence electrons. The van der Waals surface area contributed by atoms with Gasteiger partial charge >= 0.3 is 0 Å². The van der Waals surface area contributed by atoms with Crippen LogP contribution in [0, 0.1) is 13.8 Å². The molecule has 0 aliphatic carbocycles. The zero-order valence-corrected chi connectivity index (χ0v) is 18.1. The summed E-state index contributed by atoms with van der Waals surface area (Å²) in [6, 6.07) is 11.3. The van der Waals surface area contributed by atoms with Gasteiger partial charge in [-0.3, -0.25) is 0 Å². The molecule has 0 saturated carbocycles. The number of benzene rings is 2. The van der Waals surface area contributed by atoms with Crippen molar-refractivity contribution in [2.75, 3.05) is 38.0 Å². The van der Waals surface area contributed by atoms with Crippen molar-refractivity contribution < 1.29 is 0 Å². The summed E-state index contributed by atoms with van der Waals surface area (Å²) < 4.78 is 0.